The van der Waals surface area contributed by atoms with Gasteiger partial charge < -0.3 is 14.7 Å². The smallest absolute Gasteiger partial charge is 0.258 e. The molecule has 6 heteroatoms. The molecule has 0 spiro atoms. The molecule has 0 aliphatic carbocycles. The normalized spacial score (nSPS) is 19.0. The summed E-state index contributed by atoms with van der Waals surface area (Å²) in [6, 6.07) is 16.8. The van der Waals surface area contributed by atoms with Crippen molar-refractivity contribution in [3.63, 3.8) is 0 Å². The van der Waals surface area contributed by atoms with Crippen molar-refractivity contribution in [3.05, 3.63) is 60.2 Å². The lowest BCUT2D eigenvalue weighted by Crippen LogP contribution is -2.56. The van der Waals surface area contributed by atoms with Crippen LogP contribution in [0.2, 0.25) is 0 Å². The van der Waals surface area contributed by atoms with E-state index in [0.717, 1.165) is 37.6 Å². The highest BCUT2D eigenvalue weighted by Gasteiger charge is 2.34. The van der Waals surface area contributed by atoms with Gasteiger partial charge >= 0.3 is 0 Å². The number of rotatable bonds is 3. The van der Waals surface area contributed by atoms with E-state index in [1.54, 1.807) is 4.90 Å². The number of nitrogens with zero attached hydrogens (tertiary/aromatic N) is 4. The van der Waals surface area contributed by atoms with E-state index in [4.69, 9.17) is 0 Å². The third-order valence-corrected chi connectivity index (χ3v) is 5.99. The maximum atomic E-state index is 13.4. The minimum absolute atomic E-state index is 0.0303. The average Bonchev–Trinajstić information content (AvgIpc) is 2.78. The fraction of sp³-hybridized carbons (Fsp3) is 0.391. The van der Waals surface area contributed by atoms with Crippen molar-refractivity contribution in [1.82, 2.24) is 9.80 Å². The van der Waals surface area contributed by atoms with Crippen molar-refractivity contribution in [2.75, 3.05) is 56.1 Å². The van der Waals surface area contributed by atoms with Crippen LogP contribution in [0.4, 0.5) is 11.4 Å². The first-order valence-electron chi connectivity index (χ1n) is 10.3. The number of hydrogen-bond acceptors (Lipinski definition) is 4. The van der Waals surface area contributed by atoms with Gasteiger partial charge in [-0.1, -0.05) is 30.3 Å². The molecule has 1 unspecified atom stereocenters. The van der Waals surface area contributed by atoms with Crippen molar-refractivity contribution < 1.29 is 9.59 Å². The van der Waals surface area contributed by atoms with Crippen molar-refractivity contribution in [2.24, 2.45) is 0 Å². The monoisotopic (exact) mass is 392 g/mol. The van der Waals surface area contributed by atoms with Crippen molar-refractivity contribution in [3.8, 4) is 0 Å². The van der Waals surface area contributed by atoms with Crippen LogP contribution in [0.1, 0.15) is 17.3 Å². The molecule has 0 bridgehead atoms. The molecule has 0 saturated carbocycles. The van der Waals surface area contributed by atoms with Crippen LogP contribution in [0.15, 0.2) is 54.6 Å². The summed E-state index contributed by atoms with van der Waals surface area (Å²) in [5.41, 5.74) is 2.27. The Bertz CT molecular complexity index is 877. The van der Waals surface area contributed by atoms with Crippen LogP contribution in [0.3, 0.4) is 0 Å². The molecular formula is C23H28N4O2. The third kappa shape index (κ3) is 3.91. The quantitative estimate of drug-likeness (QED) is 0.804. The number of hydrogen-bond donors (Lipinski definition) is 0. The zero-order valence-electron chi connectivity index (χ0n) is 17.1. The van der Waals surface area contributed by atoms with Crippen LogP contribution in [0, 0.1) is 0 Å². The van der Waals surface area contributed by atoms with Gasteiger partial charge in [0.15, 0.2) is 0 Å². The highest BCUT2D eigenvalue weighted by molar-refractivity contribution is 6.11. The lowest BCUT2D eigenvalue weighted by Gasteiger charge is -2.41. The molecule has 2 aromatic carbocycles. The fourth-order valence-corrected chi connectivity index (χ4v) is 4.13. The summed E-state index contributed by atoms with van der Waals surface area (Å²) in [5, 5.41) is 0. The minimum Gasteiger partial charge on any atom is -0.307 e. The first-order chi connectivity index (χ1) is 14.1. The summed E-state index contributed by atoms with van der Waals surface area (Å²) < 4.78 is 0. The molecule has 6 nitrogen and oxygen atoms in total. The van der Waals surface area contributed by atoms with Crippen molar-refractivity contribution >= 4 is 23.2 Å². The van der Waals surface area contributed by atoms with Crippen LogP contribution < -0.4 is 9.80 Å². The average molecular weight is 393 g/mol. The summed E-state index contributed by atoms with van der Waals surface area (Å²) in [6.45, 7) is 6.76. The molecule has 0 N–H and O–H groups in total. The van der Waals surface area contributed by atoms with E-state index in [9.17, 15) is 9.59 Å². The van der Waals surface area contributed by atoms with E-state index in [1.165, 1.54) is 0 Å². The van der Waals surface area contributed by atoms with Gasteiger partial charge in [-0.15, -0.1) is 0 Å². The van der Waals surface area contributed by atoms with Gasteiger partial charge in [-0.2, -0.15) is 0 Å². The summed E-state index contributed by atoms with van der Waals surface area (Å²) in [6.07, 6.45) is 0. The van der Waals surface area contributed by atoms with Crippen molar-refractivity contribution in [2.45, 2.75) is 13.0 Å². The van der Waals surface area contributed by atoms with E-state index >= 15 is 0 Å². The number of piperazine rings is 1. The third-order valence-electron chi connectivity index (χ3n) is 5.99. The number of para-hydroxylation sites is 2. The van der Waals surface area contributed by atoms with Crippen LogP contribution in [-0.4, -0.2) is 74.0 Å². The predicted octanol–water partition coefficient (Wildman–Crippen LogP) is 2.32. The predicted molar refractivity (Wildman–Crippen MR) is 115 cm³/mol. The topological polar surface area (TPSA) is 47.1 Å². The van der Waals surface area contributed by atoms with Crippen LogP contribution in [0.25, 0.3) is 0 Å². The molecular weight excluding hydrogens is 364 g/mol. The molecule has 1 saturated heterocycles. The Morgan fingerprint density at radius 1 is 0.759 bits per heavy atom. The number of carbonyl (C=O) groups is 2. The van der Waals surface area contributed by atoms with E-state index < -0.39 is 0 Å². The second kappa shape index (κ2) is 8.35. The molecule has 152 valence electrons. The first-order valence-corrected chi connectivity index (χ1v) is 10.3. The molecule has 4 rings (SSSR count). The molecule has 0 aromatic heterocycles. The SMILES string of the molecule is CC(C(=O)N1CCN(C(=O)c2ccccc2)c2ccccc21)N1CCN(C)CC1. The van der Waals surface area contributed by atoms with Gasteiger partial charge in [0.25, 0.3) is 5.91 Å². The molecule has 2 aliphatic heterocycles. The Hall–Kier alpha value is -2.70. The highest BCUT2D eigenvalue weighted by atomic mass is 16.2. The molecule has 29 heavy (non-hydrogen) atoms. The highest BCUT2D eigenvalue weighted by Crippen LogP contribution is 2.34. The molecule has 2 amide bonds. The Kier molecular flexibility index (Phi) is 5.65. The molecule has 0 radical (unpaired) electrons. The van der Waals surface area contributed by atoms with Crippen LogP contribution in [-0.2, 0) is 4.79 Å². The zero-order chi connectivity index (χ0) is 20.4. The number of amides is 2. The molecule has 2 aromatic rings. The Morgan fingerprint density at radius 3 is 1.97 bits per heavy atom. The van der Waals surface area contributed by atoms with Gasteiger partial charge in [0.05, 0.1) is 17.4 Å². The molecule has 1 atom stereocenters. The summed E-state index contributed by atoms with van der Waals surface area (Å²) >= 11 is 0. The van der Waals surface area contributed by atoms with Gasteiger partial charge in [-0.3, -0.25) is 14.5 Å². The minimum atomic E-state index is -0.173. The maximum Gasteiger partial charge on any atom is 0.258 e. The van der Waals surface area contributed by atoms with Gasteiger partial charge in [-0.05, 0) is 38.2 Å². The van der Waals surface area contributed by atoms with E-state index in [-0.39, 0.29) is 17.9 Å². The standard InChI is InChI=1S/C23H28N4O2/c1-18(25-14-12-24(2)13-15-25)22(28)26-16-17-27(21-11-7-6-10-20(21)26)23(29)19-8-4-3-5-9-19/h3-11,18H,12-17H2,1-2H3. The number of benzene rings is 2. The largest absolute Gasteiger partial charge is 0.307 e. The molecule has 2 heterocycles. The van der Waals surface area contributed by atoms with Crippen LogP contribution in [0.5, 0.6) is 0 Å². The molecule has 2 aliphatic rings. The second-order valence-electron chi connectivity index (χ2n) is 7.82. The Labute approximate surface area is 172 Å². The fourth-order valence-electron chi connectivity index (χ4n) is 4.13. The number of anilines is 2. The molecule has 1 fully saturated rings. The van der Waals surface area contributed by atoms with Gasteiger partial charge in [0.2, 0.25) is 5.91 Å². The lowest BCUT2D eigenvalue weighted by molar-refractivity contribution is -0.123. The van der Waals surface area contributed by atoms with Crippen molar-refractivity contribution in [1.29, 1.82) is 0 Å². The number of likely N-dealkylation sites (N-methyl/N-ethyl adjacent to an activating group) is 1. The summed E-state index contributed by atoms with van der Waals surface area (Å²) in [7, 11) is 2.11. The van der Waals surface area contributed by atoms with E-state index in [1.807, 2.05) is 66.4 Å². The van der Waals surface area contributed by atoms with Gasteiger partial charge in [0.1, 0.15) is 0 Å². The zero-order valence-corrected chi connectivity index (χ0v) is 17.1. The summed E-state index contributed by atoms with van der Waals surface area (Å²) in [5.74, 6) is 0.0751. The Balaban J connectivity index is 1.57. The van der Waals surface area contributed by atoms with Gasteiger partial charge in [0, 0.05) is 44.8 Å². The van der Waals surface area contributed by atoms with E-state index in [0.29, 0.717) is 18.7 Å². The van der Waals surface area contributed by atoms with Crippen LogP contribution >= 0.6 is 0 Å². The summed E-state index contributed by atoms with van der Waals surface area (Å²) in [4.78, 5) is 34.6. The number of carbonyl (C=O) groups excluding carboxylic acids is 2. The van der Waals surface area contributed by atoms with Gasteiger partial charge in [-0.25, -0.2) is 0 Å². The number of fused-ring (bicyclic) bond motifs is 1. The first kappa shape index (κ1) is 19.6. The van der Waals surface area contributed by atoms with E-state index in [2.05, 4.69) is 16.8 Å². The second-order valence-corrected chi connectivity index (χ2v) is 7.82. The lowest BCUT2D eigenvalue weighted by atomic mass is 10.1. The Morgan fingerprint density at radius 2 is 1.31 bits per heavy atom. The maximum absolute atomic E-state index is 13.4.